The van der Waals surface area contributed by atoms with Gasteiger partial charge in [-0.05, 0) is 31.2 Å². The minimum atomic E-state index is -0.332. The number of anilines is 2. The summed E-state index contributed by atoms with van der Waals surface area (Å²) in [5.74, 6) is 0.125. The lowest BCUT2D eigenvalue weighted by molar-refractivity contribution is -0.129. The summed E-state index contributed by atoms with van der Waals surface area (Å²) in [6, 6.07) is 7.90. The van der Waals surface area contributed by atoms with Gasteiger partial charge in [0.05, 0.1) is 18.1 Å². The van der Waals surface area contributed by atoms with Crippen molar-refractivity contribution in [2.75, 3.05) is 49.1 Å². The molecule has 2 aliphatic rings. The number of benzene rings is 1. The summed E-state index contributed by atoms with van der Waals surface area (Å²) in [4.78, 5) is 30.0. The van der Waals surface area contributed by atoms with Gasteiger partial charge in [0, 0.05) is 44.5 Å². The Morgan fingerprint density at radius 2 is 1.77 bits per heavy atom. The van der Waals surface area contributed by atoms with Crippen molar-refractivity contribution in [2.24, 2.45) is 0 Å². The molecule has 7 nitrogen and oxygen atoms in total. The molecular formula is C18H24N4O3S. The highest BCUT2D eigenvalue weighted by atomic mass is 32.1. The fraction of sp³-hybridized carbons (Fsp3) is 0.500. The van der Waals surface area contributed by atoms with Gasteiger partial charge >= 0.3 is 6.09 Å². The number of hydrogen-bond donors (Lipinski definition) is 1. The molecule has 140 valence electrons. The molecule has 0 unspecified atom stereocenters. The maximum Gasteiger partial charge on any atom is 0.414 e. The van der Waals surface area contributed by atoms with Crippen LogP contribution >= 0.6 is 12.2 Å². The molecule has 0 radical (unpaired) electrons. The van der Waals surface area contributed by atoms with Gasteiger partial charge in [-0.15, -0.1) is 0 Å². The molecule has 2 fully saturated rings. The minimum absolute atomic E-state index is 0.125. The van der Waals surface area contributed by atoms with E-state index in [0.717, 1.165) is 37.6 Å². The largest absolute Gasteiger partial charge is 0.442 e. The van der Waals surface area contributed by atoms with Gasteiger partial charge in [0.15, 0.2) is 0 Å². The first-order valence-corrected chi connectivity index (χ1v) is 9.18. The summed E-state index contributed by atoms with van der Waals surface area (Å²) >= 11 is 4.99. The summed E-state index contributed by atoms with van der Waals surface area (Å²) < 4.78 is 5.38. The summed E-state index contributed by atoms with van der Waals surface area (Å²) in [5.41, 5.74) is 1.92. The maximum absolute atomic E-state index is 12.1. The van der Waals surface area contributed by atoms with Gasteiger partial charge in [-0.25, -0.2) is 4.79 Å². The van der Waals surface area contributed by atoms with Gasteiger partial charge < -0.3 is 19.9 Å². The van der Waals surface area contributed by atoms with Crippen LogP contribution in [0.25, 0.3) is 0 Å². The van der Waals surface area contributed by atoms with Crippen molar-refractivity contribution in [3.8, 4) is 0 Å². The molecule has 8 heteroatoms. The van der Waals surface area contributed by atoms with E-state index >= 15 is 0 Å². The van der Waals surface area contributed by atoms with E-state index < -0.39 is 0 Å². The predicted octanol–water partition coefficient (Wildman–Crippen LogP) is 1.62. The summed E-state index contributed by atoms with van der Waals surface area (Å²) in [5, 5.41) is 3.04. The second-order valence-corrected chi connectivity index (χ2v) is 7.18. The van der Waals surface area contributed by atoms with Crippen LogP contribution in [0.5, 0.6) is 0 Å². The van der Waals surface area contributed by atoms with Crippen LogP contribution in [-0.4, -0.2) is 67.3 Å². The first kappa shape index (κ1) is 18.4. The van der Waals surface area contributed by atoms with E-state index in [4.69, 9.17) is 17.0 Å². The maximum atomic E-state index is 12.1. The average Bonchev–Trinajstić information content (AvgIpc) is 3.01. The van der Waals surface area contributed by atoms with E-state index in [9.17, 15) is 9.59 Å². The highest BCUT2D eigenvalue weighted by Crippen LogP contribution is 2.25. The van der Waals surface area contributed by atoms with E-state index in [0.29, 0.717) is 18.1 Å². The SMILES string of the molecule is CC(=O)N1CCN(c2ccc(N3C[C@H](CNC(C)=S)OC3=O)cc2)CC1. The number of thiocarbonyl (C=S) groups is 1. The van der Waals surface area contributed by atoms with Crippen molar-refractivity contribution < 1.29 is 14.3 Å². The fourth-order valence-electron chi connectivity index (χ4n) is 3.22. The molecule has 0 saturated carbocycles. The van der Waals surface area contributed by atoms with Crippen molar-refractivity contribution in [1.29, 1.82) is 0 Å². The molecular weight excluding hydrogens is 352 g/mol. The molecule has 1 aromatic rings. The third-order valence-electron chi connectivity index (χ3n) is 4.70. The second-order valence-electron chi connectivity index (χ2n) is 6.56. The quantitative estimate of drug-likeness (QED) is 0.806. The molecule has 3 rings (SSSR count). The molecule has 1 N–H and O–H groups in total. The average molecular weight is 376 g/mol. The summed E-state index contributed by atoms with van der Waals surface area (Å²) in [6.45, 7) is 7.55. The van der Waals surface area contributed by atoms with Crippen LogP contribution in [0.3, 0.4) is 0 Å². The number of carbonyl (C=O) groups is 2. The van der Waals surface area contributed by atoms with Crippen molar-refractivity contribution >= 4 is 40.6 Å². The van der Waals surface area contributed by atoms with Crippen LogP contribution in [0.1, 0.15) is 13.8 Å². The van der Waals surface area contributed by atoms with Crippen molar-refractivity contribution in [2.45, 2.75) is 20.0 Å². The molecule has 0 aliphatic carbocycles. The molecule has 26 heavy (non-hydrogen) atoms. The van der Waals surface area contributed by atoms with Gasteiger partial charge in [0.25, 0.3) is 0 Å². The molecule has 0 bridgehead atoms. The minimum Gasteiger partial charge on any atom is -0.442 e. The normalized spacial score (nSPS) is 20.2. The fourth-order valence-corrected chi connectivity index (χ4v) is 3.30. The Morgan fingerprint density at radius 3 is 2.35 bits per heavy atom. The Balaban J connectivity index is 1.59. The number of carbonyl (C=O) groups excluding carboxylic acids is 2. The Bertz CT molecular complexity index is 686. The smallest absolute Gasteiger partial charge is 0.414 e. The number of nitrogens with zero attached hydrogens (tertiary/aromatic N) is 3. The number of amides is 2. The Morgan fingerprint density at radius 1 is 1.15 bits per heavy atom. The molecule has 2 amide bonds. The lowest BCUT2D eigenvalue weighted by atomic mass is 10.2. The first-order chi connectivity index (χ1) is 12.4. The van der Waals surface area contributed by atoms with E-state index in [-0.39, 0.29) is 18.1 Å². The molecule has 1 aromatic carbocycles. The molecule has 1 atom stereocenters. The third-order valence-corrected chi connectivity index (χ3v) is 4.85. The molecule has 2 heterocycles. The lowest BCUT2D eigenvalue weighted by Gasteiger charge is -2.35. The zero-order valence-electron chi connectivity index (χ0n) is 15.1. The van der Waals surface area contributed by atoms with E-state index in [1.165, 1.54) is 0 Å². The number of rotatable bonds is 4. The van der Waals surface area contributed by atoms with Crippen LogP contribution in [0.15, 0.2) is 24.3 Å². The Hall–Kier alpha value is -2.35. The van der Waals surface area contributed by atoms with Gasteiger partial charge in [0.2, 0.25) is 5.91 Å². The van der Waals surface area contributed by atoms with Crippen molar-refractivity contribution in [3.05, 3.63) is 24.3 Å². The van der Waals surface area contributed by atoms with Crippen LogP contribution in [0.2, 0.25) is 0 Å². The van der Waals surface area contributed by atoms with Crippen LogP contribution in [-0.2, 0) is 9.53 Å². The van der Waals surface area contributed by atoms with Crippen LogP contribution in [0.4, 0.5) is 16.2 Å². The van der Waals surface area contributed by atoms with E-state index in [1.807, 2.05) is 29.2 Å². The third kappa shape index (κ3) is 4.24. The number of nitrogens with one attached hydrogen (secondary N) is 1. The highest BCUT2D eigenvalue weighted by Gasteiger charge is 2.32. The van der Waals surface area contributed by atoms with Crippen LogP contribution < -0.4 is 15.1 Å². The highest BCUT2D eigenvalue weighted by molar-refractivity contribution is 7.80. The molecule has 0 aromatic heterocycles. The molecule has 2 saturated heterocycles. The van der Waals surface area contributed by atoms with Gasteiger partial charge in [-0.3, -0.25) is 9.69 Å². The number of ether oxygens (including phenoxy) is 1. The van der Waals surface area contributed by atoms with Gasteiger partial charge in [-0.2, -0.15) is 0 Å². The Kier molecular flexibility index (Phi) is 5.61. The second kappa shape index (κ2) is 7.90. The van der Waals surface area contributed by atoms with Crippen LogP contribution in [0, 0.1) is 0 Å². The summed E-state index contributed by atoms with van der Waals surface area (Å²) in [7, 11) is 0. The molecule has 0 spiro atoms. The van der Waals surface area contributed by atoms with E-state index in [1.54, 1.807) is 18.7 Å². The van der Waals surface area contributed by atoms with Gasteiger partial charge in [0.1, 0.15) is 6.10 Å². The van der Waals surface area contributed by atoms with Gasteiger partial charge in [-0.1, -0.05) is 12.2 Å². The van der Waals surface area contributed by atoms with Crippen molar-refractivity contribution in [1.82, 2.24) is 10.2 Å². The first-order valence-electron chi connectivity index (χ1n) is 8.77. The number of cyclic esters (lactones) is 1. The number of piperazine rings is 1. The van der Waals surface area contributed by atoms with E-state index in [2.05, 4.69) is 10.2 Å². The zero-order chi connectivity index (χ0) is 18.7. The topological polar surface area (TPSA) is 65.1 Å². The zero-order valence-corrected chi connectivity index (χ0v) is 15.9. The predicted molar refractivity (Wildman–Crippen MR) is 105 cm³/mol. The molecule has 2 aliphatic heterocycles. The lowest BCUT2D eigenvalue weighted by Crippen LogP contribution is -2.48. The Labute approximate surface area is 158 Å². The van der Waals surface area contributed by atoms with Crippen molar-refractivity contribution in [3.63, 3.8) is 0 Å². The summed E-state index contributed by atoms with van der Waals surface area (Å²) in [6.07, 6.45) is -0.540. The number of hydrogen-bond acceptors (Lipinski definition) is 5. The standard InChI is InChI=1S/C18H24N4O3S/c1-13(26)19-11-17-12-22(18(24)25-17)16-5-3-15(4-6-16)21-9-7-20(8-10-21)14(2)23/h3-6,17H,7-12H2,1-2H3,(H,19,26)/t17-/m0/s1. The monoisotopic (exact) mass is 376 g/mol.